The molecule has 0 unspecified atom stereocenters. The minimum absolute atomic E-state index is 0.359. The zero-order valence-electron chi connectivity index (χ0n) is 9.47. The van der Waals surface area contributed by atoms with Crippen LogP contribution in [0, 0.1) is 0 Å². The Hall–Kier alpha value is -1.36. The molecule has 1 heterocycles. The van der Waals surface area contributed by atoms with Crippen LogP contribution in [0.3, 0.4) is 0 Å². The molecule has 0 fully saturated rings. The summed E-state index contributed by atoms with van der Waals surface area (Å²) in [4.78, 5) is 2.12. The highest BCUT2D eigenvalue weighted by atomic mass is 16.5. The van der Waals surface area contributed by atoms with Crippen LogP contribution >= 0.6 is 0 Å². The summed E-state index contributed by atoms with van der Waals surface area (Å²) >= 11 is 0. The predicted octanol–water partition coefficient (Wildman–Crippen LogP) is 0.920. The molecule has 1 aromatic rings. The number of anilines is 2. The van der Waals surface area contributed by atoms with Crippen LogP contribution < -0.4 is 10.6 Å². The van der Waals surface area contributed by atoms with Crippen LogP contribution in [0.2, 0.25) is 0 Å². The van der Waals surface area contributed by atoms with Gasteiger partial charge in [0.25, 0.3) is 0 Å². The van der Waals surface area contributed by atoms with E-state index in [1.807, 2.05) is 6.07 Å². The first kappa shape index (κ1) is 11.7. The Bertz CT molecular complexity index is 286. The lowest BCUT2D eigenvalue weighted by atomic mass is 10.3. The molecule has 0 saturated carbocycles. The molecule has 1 rings (SSSR count). The number of aromatic nitrogens is 2. The highest BCUT2D eigenvalue weighted by Gasteiger charge is 2.11. The molecular formula is C10H18N4O. The van der Waals surface area contributed by atoms with E-state index >= 15 is 0 Å². The number of methoxy groups -OCH3 is 1. The SMILES string of the molecule is COCCN(c1ccc(N)nn1)C(C)C. The standard InChI is InChI=1S/C10H18N4O/c1-8(2)14(6-7-15-3)10-5-4-9(11)12-13-10/h4-5,8H,6-7H2,1-3H3,(H2,11,12). The van der Waals surface area contributed by atoms with Crippen molar-refractivity contribution in [3.05, 3.63) is 12.1 Å². The van der Waals surface area contributed by atoms with Crippen molar-refractivity contribution < 1.29 is 4.74 Å². The van der Waals surface area contributed by atoms with Crippen LogP contribution in [0.25, 0.3) is 0 Å². The molecule has 15 heavy (non-hydrogen) atoms. The quantitative estimate of drug-likeness (QED) is 0.783. The minimum Gasteiger partial charge on any atom is -0.383 e. The van der Waals surface area contributed by atoms with Crippen molar-refractivity contribution in [1.29, 1.82) is 0 Å². The summed E-state index contributed by atoms with van der Waals surface area (Å²) < 4.78 is 5.05. The second-order valence-electron chi connectivity index (χ2n) is 3.60. The third kappa shape index (κ3) is 3.36. The van der Waals surface area contributed by atoms with Gasteiger partial charge in [-0.2, -0.15) is 0 Å². The molecule has 1 aromatic heterocycles. The maximum Gasteiger partial charge on any atom is 0.151 e. The van der Waals surface area contributed by atoms with E-state index in [0.717, 1.165) is 12.4 Å². The largest absolute Gasteiger partial charge is 0.383 e. The van der Waals surface area contributed by atoms with Gasteiger partial charge in [-0.15, -0.1) is 10.2 Å². The van der Waals surface area contributed by atoms with E-state index in [9.17, 15) is 0 Å². The van der Waals surface area contributed by atoms with E-state index in [1.54, 1.807) is 13.2 Å². The second-order valence-corrected chi connectivity index (χ2v) is 3.60. The first-order chi connectivity index (χ1) is 7.15. The second kappa shape index (κ2) is 5.50. The van der Waals surface area contributed by atoms with Crippen LogP contribution in [-0.2, 0) is 4.74 Å². The zero-order valence-corrected chi connectivity index (χ0v) is 9.47. The van der Waals surface area contributed by atoms with Crippen molar-refractivity contribution >= 4 is 11.6 Å². The van der Waals surface area contributed by atoms with E-state index in [0.29, 0.717) is 18.5 Å². The average molecular weight is 210 g/mol. The summed E-state index contributed by atoms with van der Waals surface area (Å²) in [7, 11) is 1.69. The van der Waals surface area contributed by atoms with Crippen molar-refractivity contribution in [2.75, 3.05) is 30.9 Å². The fraction of sp³-hybridized carbons (Fsp3) is 0.600. The molecule has 0 spiro atoms. The van der Waals surface area contributed by atoms with Gasteiger partial charge in [-0.25, -0.2) is 0 Å². The van der Waals surface area contributed by atoms with Gasteiger partial charge in [0.2, 0.25) is 0 Å². The Kier molecular flexibility index (Phi) is 4.30. The smallest absolute Gasteiger partial charge is 0.151 e. The molecule has 5 heteroatoms. The fourth-order valence-corrected chi connectivity index (χ4v) is 1.32. The average Bonchev–Trinajstić information content (AvgIpc) is 2.21. The molecule has 0 aliphatic carbocycles. The lowest BCUT2D eigenvalue weighted by Crippen LogP contribution is -2.34. The molecular weight excluding hydrogens is 192 g/mol. The van der Waals surface area contributed by atoms with Crippen LogP contribution in [0.15, 0.2) is 12.1 Å². The summed E-state index contributed by atoms with van der Waals surface area (Å²) in [6, 6.07) is 3.99. The van der Waals surface area contributed by atoms with Crippen LogP contribution in [0.1, 0.15) is 13.8 Å². The Morgan fingerprint density at radius 3 is 2.60 bits per heavy atom. The fourth-order valence-electron chi connectivity index (χ4n) is 1.32. The molecule has 0 atom stereocenters. The van der Waals surface area contributed by atoms with Crippen molar-refractivity contribution in [1.82, 2.24) is 10.2 Å². The number of nitrogen functional groups attached to an aromatic ring is 1. The predicted molar refractivity (Wildman–Crippen MR) is 60.8 cm³/mol. The monoisotopic (exact) mass is 210 g/mol. The Labute approximate surface area is 90.2 Å². The Morgan fingerprint density at radius 1 is 1.40 bits per heavy atom. The van der Waals surface area contributed by atoms with Gasteiger partial charge in [-0.3, -0.25) is 0 Å². The molecule has 0 aliphatic rings. The summed E-state index contributed by atoms with van der Waals surface area (Å²) in [5, 5.41) is 7.88. The van der Waals surface area contributed by atoms with Crippen molar-refractivity contribution in [3.8, 4) is 0 Å². The third-order valence-corrected chi connectivity index (χ3v) is 2.13. The van der Waals surface area contributed by atoms with Crippen molar-refractivity contribution in [2.45, 2.75) is 19.9 Å². The van der Waals surface area contributed by atoms with Crippen molar-refractivity contribution in [2.24, 2.45) is 0 Å². The number of ether oxygens (including phenoxy) is 1. The number of hydrogen-bond donors (Lipinski definition) is 1. The maximum absolute atomic E-state index is 5.49. The van der Waals surface area contributed by atoms with Gasteiger partial charge in [0, 0.05) is 19.7 Å². The van der Waals surface area contributed by atoms with E-state index in [4.69, 9.17) is 10.5 Å². The molecule has 0 bridgehead atoms. The number of rotatable bonds is 5. The van der Waals surface area contributed by atoms with Gasteiger partial charge in [0.05, 0.1) is 6.61 Å². The van der Waals surface area contributed by atoms with Gasteiger partial charge in [-0.1, -0.05) is 0 Å². The molecule has 5 nitrogen and oxygen atoms in total. The Balaban J connectivity index is 2.74. The number of nitrogens with two attached hydrogens (primary N) is 1. The highest BCUT2D eigenvalue weighted by molar-refractivity contribution is 5.41. The summed E-state index contributed by atoms with van der Waals surface area (Å²) in [5.74, 6) is 1.27. The number of hydrogen-bond acceptors (Lipinski definition) is 5. The lowest BCUT2D eigenvalue weighted by Gasteiger charge is -2.26. The van der Waals surface area contributed by atoms with E-state index in [2.05, 4.69) is 28.9 Å². The topological polar surface area (TPSA) is 64.3 Å². The molecule has 0 aromatic carbocycles. The molecule has 0 radical (unpaired) electrons. The van der Waals surface area contributed by atoms with E-state index in [1.165, 1.54) is 0 Å². The van der Waals surface area contributed by atoms with Crippen LogP contribution in [0.5, 0.6) is 0 Å². The number of nitrogens with zero attached hydrogens (tertiary/aromatic N) is 3. The molecule has 2 N–H and O–H groups in total. The Morgan fingerprint density at radius 2 is 2.13 bits per heavy atom. The van der Waals surface area contributed by atoms with Gasteiger partial charge >= 0.3 is 0 Å². The molecule has 0 amide bonds. The van der Waals surface area contributed by atoms with Gasteiger partial charge in [0.1, 0.15) is 5.82 Å². The zero-order chi connectivity index (χ0) is 11.3. The molecule has 0 saturated heterocycles. The summed E-state index contributed by atoms with van der Waals surface area (Å²) in [6.07, 6.45) is 0. The van der Waals surface area contributed by atoms with E-state index in [-0.39, 0.29) is 0 Å². The minimum atomic E-state index is 0.359. The van der Waals surface area contributed by atoms with Crippen LogP contribution in [0.4, 0.5) is 11.6 Å². The van der Waals surface area contributed by atoms with Gasteiger partial charge < -0.3 is 15.4 Å². The summed E-state index contributed by atoms with van der Waals surface area (Å²) in [5.41, 5.74) is 5.49. The normalized spacial score (nSPS) is 10.7. The van der Waals surface area contributed by atoms with E-state index < -0.39 is 0 Å². The maximum atomic E-state index is 5.49. The lowest BCUT2D eigenvalue weighted by molar-refractivity contribution is 0.203. The first-order valence-electron chi connectivity index (χ1n) is 5.00. The third-order valence-electron chi connectivity index (χ3n) is 2.13. The molecule has 0 aliphatic heterocycles. The van der Waals surface area contributed by atoms with Crippen molar-refractivity contribution in [3.63, 3.8) is 0 Å². The van der Waals surface area contributed by atoms with Gasteiger partial charge in [-0.05, 0) is 26.0 Å². The summed E-state index contributed by atoms with van der Waals surface area (Å²) in [6.45, 7) is 5.68. The molecule has 84 valence electrons. The van der Waals surface area contributed by atoms with Crippen LogP contribution in [-0.4, -0.2) is 36.5 Å². The van der Waals surface area contributed by atoms with Gasteiger partial charge in [0.15, 0.2) is 5.82 Å². The highest BCUT2D eigenvalue weighted by Crippen LogP contribution is 2.13. The first-order valence-corrected chi connectivity index (χ1v) is 5.00.